The van der Waals surface area contributed by atoms with Gasteiger partial charge in [0.15, 0.2) is 0 Å². The highest BCUT2D eigenvalue weighted by Gasteiger charge is 2.22. The van der Waals surface area contributed by atoms with Crippen LogP contribution >= 0.6 is 23.1 Å². The third kappa shape index (κ3) is 6.39. The first-order valence-corrected chi connectivity index (χ1v) is 13.4. The molecule has 0 aliphatic heterocycles. The molecule has 0 spiro atoms. The van der Waals surface area contributed by atoms with E-state index in [-0.39, 0.29) is 17.1 Å². The number of thioether (sulfide) groups is 1. The summed E-state index contributed by atoms with van der Waals surface area (Å²) >= 11 is 2.76. The molecule has 0 saturated heterocycles. The SMILES string of the molecule is CCC(Sc1cccc(NC(=O)c2cccc(OC)c2)c1)C(=O)Nc1scc(-c2ccccc2)c1C#N. The normalized spacial score (nSPS) is 11.3. The zero-order valence-electron chi connectivity index (χ0n) is 20.4. The van der Waals surface area contributed by atoms with Crippen LogP contribution < -0.4 is 15.4 Å². The molecule has 0 bridgehead atoms. The number of amides is 2. The topological polar surface area (TPSA) is 91.2 Å². The van der Waals surface area contributed by atoms with Crippen molar-refractivity contribution in [1.82, 2.24) is 0 Å². The number of rotatable bonds is 9. The van der Waals surface area contributed by atoms with Crippen LogP contribution in [0.25, 0.3) is 11.1 Å². The lowest BCUT2D eigenvalue weighted by atomic mass is 10.1. The molecule has 8 heteroatoms. The van der Waals surface area contributed by atoms with Crippen LogP contribution in [0, 0.1) is 11.3 Å². The number of nitrogens with zero attached hydrogens (tertiary/aromatic N) is 1. The Balaban J connectivity index is 1.45. The van der Waals surface area contributed by atoms with Crippen molar-refractivity contribution < 1.29 is 14.3 Å². The van der Waals surface area contributed by atoms with Crippen LogP contribution in [0.4, 0.5) is 10.7 Å². The van der Waals surface area contributed by atoms with Crippen LogP contribution in [0.15, 0.2) is 89.1 Å². The summed E-state index contributed by atoms with van der Waals surface area (Å²) in [6.45, 7) is 1.95. The lowest BCUT2D eigenvalue weighted by molar-refractivity contribution is -0.115. The van der Waals surface area contributed by atoms with Crippen LogP contribution in [0.3, 0.4) is 0 Å². The first-order valence-electron chi connectivity index (χ1n) is 11.6. The second kappa shape index (κ2) is 12.3. The van der Waals surface area contributed by atoms with E-state index in [1.807, 2.05) is 60.8 Å². The maximum atomic E-state index is 13.2. The molecule has 2 N–H and O–H groups in total. The number of thiophene rings is 1. The van der Waals surface area contributed by atoms with Crippen molar-refractivity contribution >= 4 is 45.6 Å². The van der Waals surface area contributed by atoms with E-state index < -0.39 is 0 Å². The van der Waals surface area contributed by atoms with Gasteiger partial charge in [0.2, 0.25) is 5.91 Å². The molecule has 1 atom stereocenters. The average Bonchev–Trinajstić information content (AvgIpc) is 3.34. The molecule has 0 aliphatic rings. The predicted molar refractivity (Wildman–Crippen MR) is 150 cm³/mol. The van der Waals surface area contributed by atoms with Gasteiger partial charge in [-0.1, -0.05) is 49.4 Å². The largest absolute Gasteiger partial charge is 0.497 e. The molecular formula is C29H25N3O3S2. The number of carbonyl (C=O) groups excluding carboxylic acids is 2. The number of hydrogen-bond acceptors (Lipinski definition) is 6. The number of nitrogens with one attached hydrogen (secondary N) is 2. The molecule has 2 amide bonds. The number of ether oxygens (including phenoxy) is 1. The molecule has 1 unspecified atom stereocenters. The van der Waals surface area contributed by atoms with E-state index >= 15 is 0 Å². The van der Waals surface area contributed by atoms with Gasteiger partial charge < -0.3 is 15.4 Å². The van der Waals surface area contributed by atoms with Gasteiger partial charge in [-0.25, -0.2) is 0 Å². The van der Waals surface area contributed by atoms with Gasteiger partial charge in [-0.05, 0) is 48.4 Å². The zero-order chi connectivity index (χ0) is 26.2. The van der Waals surface area contributed by atoms with Crippen LogP contribution in [-0.2, 0) is 4.79 Å². The monoisotopic (exact) mass is 527 g/mol. The van der Waals surface area contributed by atoms with Crippen molar-refractivity contribution in [3.63, 3.8) is 0 Å². The molecule has 1 heterocycles. The molecule has 4 rings (SSSR count). The fraction of sp³-hybridized carbons (Fsp3) is 0.138. The highest BCUT2D eigenvalue weighted by atomic mass is 32.2. The molecule has 0 radical (unpaired) electrons. The van der Waals surface area contributed by atoms with Crippen molar-refractivity contribution in [3.05, 3.63) is 95.4 Å². The lowest BCUT2D eigenvalue weighted by Crippen LogP contribution is -2.24. The number of methoxy groups -OCH3 is 1. The summed E-state index contributed by atoms with van der Waals surface area (Å²) < 4.78 is 5.20. The molecule has 186 valence electrons. The number of hydrogen-bond donors (Lipinski definition) is 2. The second-order valence-electron chi connectivity index (χ2n) is 8.05. The van der Waals surface area contributed by atoms with E-state index in [1.165, 1.54) is 23.1 Å². The summed E-state index contributed by atoms with van der Waals surface area (Å²) in [4.78, 5) is 26.7. The van der Waals surface area contributed by atoms with E-state index in [2.05, 4.69) is 16.7 Å². The van der Waals surface area contributed by atoms with Crippen molar-refractivity contribution in [1.29, 1.82) is 5.26 Å². The smallest absolute Gasteiger partial charge is 0.255 e. The molecule has 0 saturated carbocycles. The maximum absolute atomic E-state index is 13.2. The van der Waals surface area contributed by atoms with Crippen LogP contribution in [0.1, 0.15) is 29.3 Å². The van der Waals surface area contributed by atoms with Gasteiger partial charge in [0.1, 0.15) is 16.8 Å². The maximum Gasteiger partial charge on any atom is 0.255 e. The minimum absolute atomic E-state index is 0.170. The minimum atomic E-state index is -0.377. The Hall–Kier alpha value is -4.06. The average molecular weight is 528 g/mol. The van der Waals surface area contributed by atoms with Crippen molar-refractivity contribution in [2.45, 2.75) is 23.5 Å². The van der Waals surface area contributed by atoms with E-state index in [0.717, 1.165) is 16.0 Å². The quantitative estimate of drug-likeness (QED) is 0.227. The summed E-state index contributed by atoms with van der Waals surface area (Å²) in [7, 11) is 1.56. The summed E-state index contributed by atoms with van der Waals surface area (Å²) in [5.74, 6) is 0.188. The Morgan fingerprint density at radius 3 is 2.54 bits per heavy atom. The predicted octanol–water partition coefficient (Wildman–Crippen LogP) is 7.06. The first kappa shape index (κ1) is 26.0. The highest BCUT2D eigenvalue weighted by molar-refractivity contribution is 8.00. The van der Waals surface area contributed by atoms with Crippen LogP contribution in [0.2, 0.25) is 0 Å². The molecule has 0 aliphatic carbocycles. The Morgan fingerprint density at radius 2 is 1.81 bits per heavy atom. The standard InChI is InChI=1S/C29H25N3O3S2/c1-3-26(28(34)32-29-24(17-30)25(18-36-29)19-9-5-4-6-10-19)37-23-14-8-12-21(16-23)31-27(33)20-11-7-13-22(15-20)35-2/h4-16,18,26H,3H2,1-2H3,(H,31,33)(H,32,34). The Labute approximate surface area is 224 Å². The Morgan fingerprint density at radius 1 is 1.03 bits per heavy atom. The van der Waals surface area contributed by atoms with Gasteiger partial charge in [0.05, 0.1) is 17.9 Å². The molecular weight excluding hydrogens is 502 g/mol. The molecule has 0 fully saturated rings. The van der Waals surface area contributed by atoms with Gasteiger partial charge in [-0.3, -0.25) is 9.59 Å². The van der Waals surface area contributed by atoms with Crippen molar-refractivity contribution in [2.24, 2.45) is 0 Å². The third-order valence-corrected chi connectivity index (χ3v) is 7.84. The van der Waals surface area contributed by atoms with Crippen LogP contribution in [-0.4, -0.2) is 24.2 Å². The minimum Gasteiger partial charge on any atom is -0.497 e. The Bertz CT molecular complexity index is 1440. The molecule has 4 aromatic rings. The van der Waals surface area contributed by atoms with E-state index in [0.29, 0.717) is 34.0 Å². The van der Waals surface area contributed by atoms with E-state index in [4.69, 9.17) is 4.74 Å². The number of carbonyl (C=O) groups is 2. The van der Waals surface area contributed by atoms with Crippen molar-refractivity contribution in [3.8, 4) is 22.9 Å². The van der Waals surface area contributed by atoms with Crippen molar-refractivity contribution in [2.75, 3.05) is 17.7 Å². The van der Waals surface area contributed by atoms with Crippen LogP contribution in [0.5, 0.6) is 5.75 Å². The number of benzene rings is 3. The zero-order valence-corrected chi connectivity index (χ0v) is 22.0. The fourth-order valence-corrected chi connectivity index (χ4v) is 5.62. The highest BCUT2D eigenvalue weighted by Crippen LogP contribution is 2.36. The van der Waals surface area contributed by atoms with Gasteiger partial charge in [-0.2, -0.15) is 5.26 Å². The third-order valence-electron chi connectivity index (χ3n) is 5.59. The first-order chi connectivity index (χ1) is 18.0. The molecule has 3 aromatic carbocycles. The van der Waals surface area contributed by atoms with Gasteiger partial charge in [0.25, 0.3) is 5.91 Å². The summed E-state index contributed by atoms with van der Waals surface area (Å²) in [5.41, 5.74) is 3.33. The second-order valence-corrected chi connectivity index (χ2v) is 10.2. The van der Waals surface area contributed by atoms with Gasteiger partial charge >= 0.3 is 0 Å². The van der Waals surface area contributed by atoms with E-state index in [9.17, 15) is 14.9 Å². The fourth-order valence-electron chi connectivity index (χ4n) is 3.68. The summed E-state index contributed by atoms with van der Waals surface area (Å²) in [6.07, 6.45) is 0.593. The summed E-state index contributed by atoms with van der Waals surface area (Å²) in [6, 6.07) is 26.2. The molecule has 37 heavy (non-hydrogen) atoms. The van der Waals surface area contributed by atoms with Gasteiger partial charge in [0, 0.05) is 27.1 Å². The van der Waals surface area contributed by atoms with E-state index in [1.54, 1.807) is 37.4 Å². The summed E-state index contributed by atoms with van der Waals surface area (Å²) in [5, 5.41) is 17.7. The Kier molecular flexibility index (Phi) is 8.62. The molecule has 6 nitrogen and oxygen atoms in total. The van der Waals surface area contributed by atoms with Gasteiger partial charge in [-0.15, -0.1) is 23.1 Å². The lowest BCUT2D eigenvalue weighted by Gasteiger charge is -2.15. The number of nitriles is 1. The number of anilines is 2. The molecule has 1 aromatic heterocycles.